The summed E-state index contributed by atoms with van der Waals surface area (Å²) in [5, 5.41) is 1.14. The molecular formula is C18H26N4. The van der Waals surface area contributed by atoms with Crippen molar-refractivity contribution in [3.05, 3.63) is 30.0 Å². The number of fused-ring (bicyclic) bond motifs is 1. The third-order valence-electron chi connectivity index (χ3n) is 4.48. The predicted octanol–water partition coefficient (Wildman–Crippen LogP) is 3.11. The van der Waals surface area contributed by atoms with Gasteiger partial charge in [0.1, 0.15) is 0 Å². The molecule has 2 aromatic rings. The Kier molecular flexibility index (Phi) is 4.57. The number of anilines is 1. The highest BCUT2D eigenvalue weighted by atomic mass is 15.2. The second kappa shape index (κ2) is 6.61. The molecule has 1 saturated heterocycles. The average molecular weight is 298 g/mol. The van der Waals surface area contributed by atoms with Crippen molar-refractivity contribution in [2.75, 3.05) is 38.1 Å². The molecule has 1 fully saturated rings. The van der Waals surface area contributed by atoms with Crippen LogP contribution in [0.5, 0.6) is 0 Å². The Morgan fingerprint density at radius 1 is 1.18 bits per heavy atom. The standard InChI is InChI=1S/C18H26N4/c1-14(13-22-10-6-7-11-22)12-21(3)18-19-15(2)16-8-4-5-9-17(16)20-18/h4-5,8-9,14H,6-7,10-13H2,1-3H3/t14-/m0/s1. The molecule has 0 radical (unpaired) electrons. The molecule has 1 aliphatic rings. The summed E-state index contributed by atoms with van der Waals surface area (Å²) in [5.74, 6) is 1.46. The Balaban J connectivity index is 1.70. The maximum atomic E-state index is 4.72. The summed E-state index contributed by atoms with van der Waals surface area (Å²) in [7, 11) is 2.10. The van der Waals surface area contributed by atoms with Crippen molar-refractivity contribution < 1.29 is 0 Å². The Hall–Kier alpha value is -1.68. The summed E-state index contributed by atoms with van der Waals surface area (Å²) < 4.78 is 0. The van der Waals surface area contributed by atoms with Crippen molar-refractivity contribution in [3.8, 4) is 0 Å². The van der Waals surface area contributed by atoms with E-state index in [9.17, 15) is 0 Å². The molecule has 0 aliphatic carbocycles. The fraction of sp³-hybridized carbons (Fsp3) is 0.556. The Bertz CT molecular complexity index is 634. The summed E-state index contributed by atoms with van der Waals surface area (Å²) in [4.78, 5) is 14.2. The zero-order valence-electron chi connectivity index (χ0n) is 13.9. The number of nitrogens with zero attached hydrogens (tertiary/aromatic N) is 4. The lowest BCUT2D eigenvalue weighted by Crippen LogP contribution is -2.33. The van der Waals surface area contributed by atoms with Gasteiger partial charge in [-0.05, 0) is 44.8 Å². The number of hydrogen-bond donors (Lipinski definition) is 0. The SMILES string of the molecule is Cc1nc(N(C)C[C@H](C)CN2CCCC2)nc2ccccc12. The average Bonchev–Trinajstić information content (AvgIpc) is 3.00. The van der Waals surface area contributed by atoms with E-state index in [1.54, 1.807) is 0 Å². The number of rotatable bonds is 5. The largest absolute Gasteiger partial charge is 0.344 e. The normalized spacial score (nSPS) is 17.0. The quantitative estimate of drug-likeness (QED) is 0.849. The molecule has 4 heteroatoms. The molecule has 3 rings (SSSR count). The maximum Gasteiger partial charge on any atom is 0.225 e. The molecule has 1 atom stereocenters. The molecular weight excluding hydrogens is 272 g/mol. The molecule has 0 amide bonds. The van der Waals surface area contributed by atoms with Crippen LogP contribution in [0.3, 0.4) is 0 Å². The molecule has 0 saturated carbocycles. The topological polar surface area (TPSA) is 32.3 Å². The van der Waals surface area contributed by atoms with Gasteiger partial charge in [0.2, 0.25) is 5.95 Å². The molecule has 4 nitrogen and oxygen atoms in total. The van der Waals surface area contributed by atoms with Crippen LogP contribution in [0.15, 0.2) is 24.3 Å². The van der Waals surface area contributed by atoms with Crippen molar-refractivity contribution in [2.24, 2.45) is 5.92 Å². The second-order valence-electron chi connectivity index (χ2n) is 6.62. The smallest absolute Gasteiger partial charge is 0.225 e. The Labute approximate surface area is 133 Å². The van der Waals surface area contributed by atoms with Gasteiger partial charge in [-0.25, -0.2) is 9.97 Å². The first-order chi connectivity index (χ1) is 10.6. The number of aryl methyl sites for hydroxylation is 1. The summed E-state index contributed by atoms with van der Waals surface area (Å²) in [6.07, 6.45) is 2.71. The summed E-state index contributed by atoms with van der Waals surface area (Å²) in [5.41, 5.74) is 2.09. The van der Waals surface area contributed by atoms with E-state index in [1.165, 1.54) is 32.5 Å². The molecule has 0 bridgehead atoms. The van der Waals surface area contributed by atoms with Crippen molar-refractivity contribution in [3.63, 3.8) is 0 Å². The van der Waals surface area contributed by atoms with Crippen LogP contribution < -0.4 is 4.90 Å². The van der Waals surface area contributed by atoms with E-state index in [0.717, 1.165) is 29.1 Å². The molecule has 0 N–H and O–H groups in total. The van der Waals surface area contributed by atoms with E-state index in [4.69, 9.17) is 4.98 Å². The third kappa shape index (κ3) is 3.38. The fourth-order valence-electron chi connectivity index (χ4n) is 3.40. The van der Waals surface area contributed by atoms with Crippen LogP contribution in [0.25, 0.3) is 10.9 Å². The minimum absolute atomic E-state index is 0.624. The van der Waals surface area contributed by atoms with Crippen LogP contribution in [-0.4, -0.2) is 48.1 Å². The zero-order chi connectivity index (χ0) is 15.5. The van der Waals surface area contributed by atoms with Gasteiger partial charge in [0.25, 0.3) is 0 Å². The van der Waals surface area contributed by atoms with Crippen LogP contribution in [0, 0.1) is 12.8 Å². The minimum atomic E-state index is 0.624. The van der Waals surface area contributed by atoms with Crippen molar-refractivity contribution in [2.45, 2.75) is 26.7 Å². The molecule has 1 aromatic heterocycles. The number of para-hydroxylation sites is 1. The number of aromatic nitrogens is 2. The van der Waals surface area contributed by atoms with Gasteiger partial charge in [-0.15, -0.1) is 0 Å². The minimum Gasteiger partial charge on any atom is -0.344 e. The summed E-state index contributed by atoms with van der Waals surface area (Å²) in [6.45, 7) is 9.09. The van der Waals surface area contributed by atoms with Gasteiger partial charge >= 0.3 is 0 Å². The number of benzene rings is 1. The first kappa shape index (κ1) is 15.2. The fourth-order valence-corrected chi connectivity index (χ4v) is 3.40. The lowest BCUT2D eigenvalue weighted by Gasteiger charge is -2.25. The van der Waals surface area contributed by atoms with Crippen molar-refractivity contribution in [1.82, 2.24) is 14.9 Å². The maximum absolute atomic E-state index is 4.72. The molecule has 118 valence electrons. The molecule has 0 unspecified atom stereocenters. The first-order valence-electron chi connectivity index (χ1n) is 8.30. The molecule has 1 aliphatic heterocycles. The van der Waals surface area contributed by atoms with E-state index < -0.39 is 0 Å². The van der Waals surface area contributed by atoms with Crippen molar-refractivity contribution >= 4 is 16.9 Å². The van der Waals surface area contributed by atoms with E-state index in [-0.39, 0.29) is 0 Å². The first-order valence-corrected chi connectivity index (χ1v) is 8.30. The summed E-state index contributed by atoms with van der Waals surface area (Å²) in [6, 6.07) is 8.23. The third-order valence-corrected chi connectivity index (χ3v) is 4.48. The molecule has 1 aromatic carbocycles. The summed E-state index contributed by atoms with van der Waals surface area (Å²) >= 11 is 0. The Morgan fingerprint density at radius 2 is 1.91 bits per heavy atom. The van der Waals surface area contributed by atoms with E-state index in [0.29, 0.717) is 5.92 Å². The highest BCUT2D eigenvalue weighted by Gasteiger charge is 2.17. The zero-order valence-corrected chi connectivity index (χ0v) is 13.9. The highest BCUT2D eigenvalue weighted by molar-refractivity contribution is 5.81. The van der Waals surface area contributed by atoms with Gasteiger partial charge < -0.3 is 9.80 Å². The van der Waals surface area contributed by atoms with Gasteiger partial charge in [-0.2, -0.15) is 0 Å². The van der Waals surface area contributed by atoms with Gasteiger partial charge in [-0.3, -0.25) is 0 Å². The molecule has 22 heavy (non-hydrogen) atoms. The van der Waals surface area contributed by atoms with Gasteiger partial charge in [0, 0.05) is 25.5 Å². The highest BCUT2D eigenvalue weighted by Crippen LogP contribution is 2.19. The molecule has 2 heterocycles. The van der Waals surface area contributed by atoms with Crippen LogP contribution in [0.4, 0.5) is 5.95 Å². The lowest BCUT2D eigenvalue weighted by atomic mass is 10.1. The van der Waals surface area contributed by atoms with Crippen molar-refractivity contribution in [1.29, 1.82) is 0 Å². The monoisotopic (exact) mass is 298 g/mol. The second-order valence-corrected chi connectivity index (χ2v) is 6.62. The molecule has 0 spiro atoms. The number of hydrogen-bond acceptors (Lipinski definition) is 4. The Morgan fingerprint density at radius 3 is 2.68 bits per heavy atom. The van der Waals surface area contributed by atoms with Crippen LogP contribution in [-0.2, 0) is 0 Å². The van der Waals surface area contributed by atoms with Gasteiger partial charge in [-0.1, -0.05) is 25.1 Å². The predicted molar refractivity (Wildman–Crippen MR) is 92.4 cm³/mol. The lowest BCUT2D eigenvalue weighted by molar-refractivity contribution is 0.290. The van der Waals surface area contributed by atoms with E-state index in [1.807, 2.05) is 12.1 Å². The van der Waals surface area contributed by atoms with Crippen LogP contribution in [0.2, 0.25) is 0 Å². The van der Waals surface area contributed by atoms with Gasteiger partial charge in [0.05, 0.1) is 11.2 Å². The van der Waals surface area contributed by atoms with Gasteiger partial charge in [0.15, 0.2) is 0 Å². The van der Waals surface area contributed by atoms with E-state index >= 15 is 0 Å². The van der Waals surface area contributed by atoms with Crippen LogP contribution in [0.1, 0.15) is 25.5 Å². The number of likely N-dealkylation sites (tertiary alicyclic amines) is 1. The van der Waals surface area contributed by atoms with E-state index in [2.05, 4.69) is 47.8 Å². The van der Waals surface area contributed by atoms with Crippen LogP contribution >= 0.6 is 0 Å².